The van der Waals surface area contributed by atoms with Crippen LogP contribution in [-0.4, -0.2) is 30.8 Å². The van der Waals surface area contributed by atoms with Crippen molar-refractivity contribution >= 4 is 5.97 Å². The predicted octanol–water partition coefficient (Wildman–Crippen LogP) is 1.48. The van der Waals surface area contributed by atoms with E-state index in [0.29, 0.717) is 11.6 Å². The lowest BCUT2D eigenvalue weighted by molar-refractivity contribution is 0.0694. The molecule has 2 aromatic rings. The second-order valence-corrected chi connectivity index (χ2v) is 3.88. The van der Waals surface area contributed by atoms with E-state index in [9.17, 15) is 4.79 Å². The van der Waals surface area contributed by atoms with Crippen LogP contribution < -0.4 is 0 Å². The highest BCUT2D eigenvalue weighted by molar-refractivity contribution is 5.88. The van der Waals surface area contributed by atoms with Gasteiger partial charge in [0, 0.05) is 18.6 Å². The van der Waals surface area contributed by atoms with Gasteiger partial charge in [-0.25, -0.2) is 19.4 Å². The highest BCUT2D eigenvalue weighted by Gasteiger charge is 2.16. The highest BCUT2D eigenvalue weighted by Crippen LogP contribution is 2.17. The zero-order chi connectivity index (χ0) is 12.4. The number of aromatic nitrogens is 4. The van der Waals surface area contributed by atoms with E-state index in [2.05, 4.69) is 15.1 Å². The fourth-order valence-corrected chi connectivity index (χ4v) is 1.49. The summed E-state index contributed by atoms with van der Waals surface area (Å²) < 4.78 is 1.50. The van der Waals surface area contributed by atoms with Gasteiger partial charge in [-0.3, -0.25) is 0 Å². The van der Waals surface area contributed by atoms with E-state index in [1.807, 2.05) is 13.8 Å². The Morgan fingerprint density at radius 3 is 2.76 bits per heavy atom. The van der Waals surface area contributed by atoms with Crippen molar-refractivity contribution in [1.29, 1.82) is 0 Å². The molecule has 0 saturated heterocycles. The molecule has 17 heavy (non-hydrogen) atoms. The molecule has 0 atom stereocenters. The third-order valence-electron chi connectivity index (χ3n) is 2.29. The third kappa shape index (κ3) is 2.15. The highest BCUT2D eigenvalue weighted by atomic mass is 16.4. The van der Waals surface area contributed by atoms with E-state index in [4.69, 9.17) is 5.11 Å². The number of carbonyl (C=O) groups is 1. The summed E-state index contributed by atoms with van der Waals surface area (Å²) in [6, 6.07) is 1.75. The molecule has 2 aromatic heterocycles. The molecule has 88 valence electrons. The number of rotatable bonds is 3. The van der Waals surface area contributed by atoms with Crippen LogP contribution in [0.4, 0.5) is 0 Å². The zero-order valence-corrected chi connectivity index (χ0v) is 9.53. The van der Waals surface area contributed by atoms with Gasteiger partial charge < -0.3 is 5.11 Å². The first-order valence-electron chi connectivity index (χ1n) is 5.20. The van der Waals surface area contributed by atoms with Gasteiger partial charge in [-0.15, -0.1) is 0 Å². The summed E-state index contributed by atoms with van der Waals surface area (Å²) in [7, 11) is 0. The molecule has 0 aliphatic carbocycles. The molecule has 2 heterocycles. The Kier molecular flexibility index (Phi) is 2.86. The fourth-order valence-electron chi connectivity index (χ4n) is 1.49. The normalized spacial score (nSPS) is 10.8. The van der Waals surface area contributed by atoms with Crippen molar-refractivity contribution in [2.24, 2.45) is 0 Å². The molecule has 2 rings (SSSR count). The number of hydrogen-bond donors (Lipinski definition) is 1. The summed E-state index contributed by atoms with van der Waals surface area (Å²) in [5, 5.41) is 13.0. The van der Waals surface area contributed by atoms with Crippen LogP contribution in [0.15, 0.2) is 24.7 Å². The number of carboxylic acid groups (broad SMARTS) is 1. The minimum atomic E-state index is -1.01. The quantitative estimate of drug-likeness (QED) is 0.866. The lowest BCUT2D eigenvalue weighted by Gasteiger charge is -2.09. The summed E-state index contributed by atoms with van der Waals surface area (Å²) in [4.78, 5) is 19.3. The van der Waals surface area contributed by atoms with Crippen molar-refractivity contribution < 1.29 is 9.90 Å². The second kappa shape index (κ2) is 4.32. The van der Waals surface area contributed by atoms with E-state index in [1.54, 1.807) is 18.5 Å². The van der Waals surface area contributed by atoms with Gasteiger partial charge in [0.2, 0.25) is 0 Å². The van der Waals surface area contributed by atoms with Crippen LogP contribution in [0.5, 0.6) is 0 Å². The maximum atomic E-state index is 11.0. The van der Waals surface area contributed by atoms with Crippen molar-refractivity contribution in [3.63, 3.8) is 0 Å². The van der Waals surface area contributed by atoms with E-state index < -0.39 is 5.97 Å². The molecule has 0 aromatic carbocycles. The average Bonchev–Trinajstić information content (AvgIpc) is 2.81. The maximum absolute atomic E-state index is 11.0. The largest absolute Gasteiger partial charge is 0.478 e. The van der Waals surface area contributed by atoms with Crippen molar-refractivity contribution in [2.45, 2.75) is 19.8 Å². The Balaban J connectivity index is 2.53. The Hall–Kier alpha value is -2.24. The van der Waals surface area contributed by atoms with Gasteiger partial charge in [-0.05, 0) is 12.0 Å². The van der Waals surface area contributed by atoms with Crippen LogP contribution in [0, 0.1) is 0 Å². The summed E-state index contributed by atoms with van der Waals surface area (Å²) in [5.41, 5.74) is 0.647. The molecule has 0 amide bonds. The standard InChI is InChI=1S/C11H12N4O2/c1-7(2)9-8(10(16)17)6-12-11(14-9)15-5-3-4-13-15/h3-7H,1-2H3,(H,16,17). The minimum Gasteiger partial charge on any atom is -0.478 e. The zero-order valence-electron chi connectivity index (χ0n) is 9.53. The van der Waals surface area contributed by atoms with Crippen LogP contribution >= 0.6 is 0 Å². The molecule has 6 heteroatoms. The summed E-state index contributed by atoms with van der Waals surface area (Å²) in [6.07, 6.45) is 4.64. The van der Waals surface area contributed by atoms with Gasteiger partial charge in [-0.2, -0.15) is 5.10 Å². The number of carboxylic acids is 1. The molecule has 0 aliphatic rings. The first-order valence-corrected chi connectivity index (χ1v) is 5.20. The molecular weight excluding hydrogens is 220 g/mol. The van der Waals surface area contributed by atoms with Crippen LogP contribution in [0.25, 0.3) is 5.95 Å². The molecule has 0 fully saturated rings. The Morgan fingerprint density at radius 2 is 2.24 bits per heavy atom. The van der Waals surface area contributed by atoms with Crippen molar-refractivity contribution in [1.82, 2.24) is 19.7 Å². The lowest BCUT2D eigenvalue weighted by atomic mass is 10.1. The van der Waals surface area contributed by atoms with Gasteiger partial charge in [0.15, 0.2) is 0 Å². The summed E-state index contributed by atoms with van der Waals surface area (Å²) in [5.74, 6) is -0.622. The lowest BCUT2D eigenvalue weighted by Crippen LogP contribution is -2.11. The van der Waals surface area contributed by atoms with Gasteiger partial charge in [0.05, 0.1) is 11.3 Å². The number of hydrogen-bond acceptors (Lipinski definition) is 4. The molecule has 0 radical (unpaired) electrons. The van der Waals surface area contributed by atoms with E-state index in [1.165, 1.54) is 10.9 Å². The van der Waals surface area contributed by atoms with Crippen molar-refractivity contribution in [3.05, 3.63) is 35.9 Å². The van der Waals surface area contributed by atoms with E-state index >= 15 is 0 Å². The monoisotopic (exact) mass is 232 g/mol. The maximum Gasteiger partial charge on any atom is 0.339 e. The molecule has 0 unspecified atom stereocenters. The van der Waals surface area contributed by atoms with Crippen LogP contribution in [0.3, 0.4) is 0 Å². The van der Waals surface area contributed by atoms with Crippen LogP contribution in [0.2, 0.25) is 0 Å². The summed E-state index contributed by atoms with van der Waals surface area (Å²) in [6.45, 7) is 3.78. The summed E-state index contributed by atoms with van der Waals surface area (Å²) >= 11 is 0. The number of aromatic carboxylic acids is 1. The predicted molar refractivity (Wildman–Crippen MR) is 60.2 cm³/mol. The smallest absolute Gasteiger partial charge is 0.339 e. The Labute approximate surface area is 98.0 Å². The van der Waals surface area contributed by atoms with Gasteiger partial charge in [0.1, 0.15) is 0 Å². The van der Waals surface area contributed by atoms with Crippen LogP contribution in [0.1, 0.15) is 35.8 Å². The van der Waals surface area contributed by atoms with E-state index in [-0.39, 0.29) is 11.5 Å². The Morgan fingerprint density at radius 1 is 1.47 bits per heavy atom. The second-order valence-electron chi connectivity index (χ2n) is 3.88. The number of nitrogens with zero attached hydrogens (tertiary/aromatic N) is 4. The first kappa shape index (κ1) is 11.3. The third-order valence-corrected chi connectivity index (χ3v) is 2.29. The first-order chi connectivity index (χ1) is 8.09. The molecule has 6 nitrogen and oxygen atoms in total. The van der Waals surface area contributed by atoms with Gasteiger partial charge in [0.25, 0.3) is 5.95 Å². The molecule has 1 N–H and O–H groups in total. The molecule has 0 spiro atoms. The molecule has 0 bridgehead atoms. The van der Waals surface area contributed by atoms with Crippen LogP contribution in [-0.2, 0) is 0 Å². The van der Waals surface area contributed by atoms with Gasteiger partial charge >= 0.3 is 5.97 Å². The van der Waals surface area contributed by atoms with Crippen molar-refractivity contribution in [3.8, 4) is 5.95 Å². The SMILES string of the molecule is CC(C)c1nc(-n2cccn2)ncc1C(=O)O. The molecule has 0 aliphatic heterocycles. The van der Waals surface area contributed by atoms with E-state index in [0.717, 1.165) is 0 Å². The average molecular weight is 232 g/mol. The molecular formula is C11H12N4O2. The Bertz CT molecular complexity index is 534. The fraction of sp³-hybridized carbons (Fsp3) is 0.273. The van der Waals surface area contributed by atoms with Gasteiger partial charge in [-0.1, -0.05) is 13.8 Å². The minimum absolute atomic E-state index is 0.0124. The molecule has 0 saturated carbocycles. The topological polar surface area (TPSA) is 80.9 Å². The van der Waals surface area contributed by atoms with Crippen molar-refractivity contribution in [2.75, 3.05) is 0 Å².